The smallest absolute Gasteiger partial charge is 0.126 e. The van der Waals surface area contributed by atoms with Gasteiger partial charge >= 0.3 is 0 Å². The SMILES string of the molecule is CCN1CCC(N2C=C([C@@H](Nc3cc(Cl)c4ncc(C#N)c(Nc5ccc(F)c(C)c5)c4c3)c3cncnc3)NN2)CC1. The predicted octanol–water partition coefficient (Wildman–Crippen LogP) is 5.54. The van der Waals surface area contributed by atoms with Gasteiger partial charge in [-0.25, -0.2) is 14.4 Å². The van der Waals surface area contributed by atoms with Crippen LogP contribution in [0.4, 0.5) is 21.5 Å². The number of anilines is 3. The maximum absolute atomic E-state index is 13.9. The third kappa shape index (κ3) is 6.03. The first-order chi connectivity index (χ1) is 20.9. The Labute approximate surface area is 254 Å². The van der Waals surface area contributed by atoms with Crippen LogP contribution in [-0.4, -0.2) is 50.5 Å². The first-order valence-electron chi connectivity index (χ1n) is 14.2. The fourth-order valence-corrected chi connectivity index (χ4v) is 5.86. The summed E-state index contributed by atoms with van der Waals surface area (Å²) < 4.78 is 13.9. The van der Waals surface area contributed by atoms with E-state index in [9.17, 15) is 9.65 Å². The zero-order valence-electron chi connectivity index (χ0n) is 23.9. The van der Waals surface area contributed by atoms with Crippen molar-refractivity contribution >= 4 is 39.6 Å². The van der Waals surface area contributed by atoms with Crippen LogP contribution in [0.2, 0.25) is 5.02 Å². The molecule has 12 heteroatoms. The number of benzene rings is 2. The maximum atomic E-state index is 13.9. The van der Waals surface area contributed by atoms with Gasteiger partial charge in [-0.2, -0.15) is 5.26 Å². The van der Waals surface area contributed by atoms with E-state index in [2.05, 4.69) is 65.6 Å². The van der Waals surface area contributed by atoms with E-state index >= 15 is 0 Å². The summed E-state index contributed by atoms with van der Waals surface area (Å²) in [6, 6.07) is 10.7. The molecule has 1 saturated heterocycles. The van der Waals surface area contributed by atoms with Gasteiger partial charge in [0.05, 0.1) is 33.5 Å². The Balaban J connectivity index is 1.35. The van der Waals surface area contributed by atoms with Crippen molar-refractivity contribution in [3.8, 4) is 6.07 Å². The highest BCUT2D eigenvalue weighted by Gasteiger charge is 2.29. The molecule has 0 spiro atoms. The van der Waals surface area contributed by atoms with Crippen molar-refractivity contribution in [2.45, 2.75) is 38.8 Å². The monoisotopic (exact) mass is 598 g/mol. The normalized spacial score (nSPS) is 16.4. The molecule has 43 heavy (non-hydrogen) atoms. The Kier molecular flexibility index (Phi) is 8.24. The Morgan fingerprint density at radius 2 is 1.93 bits per heavy atom. The molecule has 10 nitrogen and oxygen atoms in total. The molecule has 2 aliphatic heterocycles. The third-order valence-corrected chi connectivity index (χ3v) is 8.30. The summed E-state index contributed by atoms with van der Waals surface area (Å²) in [5.41, 5.74) is 11.7. The van der Waals surface area contributed by atoms with Crippen LogP contribution in [0.15, 0.2) is 67.1 Å². The number of halogens is 2. The molecule has 0 radical (unpaired) electrons. The van der Waals surface area contributed by atoms with E-state index in [1.807, 2.05) is 12.1 Å². The van der Waals surface area contributed by atoms with Gasteiger partial charge in [0.2, 0.25) is 0 Å². The number of pyridine rings is 1. The van der Waals surface area contributed by atoms with Gasteiger partial charge in [-0.15, -0.1) is 5.53 Å². The van der Waals surface area contributed by atoms with Crippen molar-refractivity contribution < 1.29 is 4.39 Å². The van der Waals surface area contributed by atoms with Crippen LogP contribution in [-0.2, 0) is 0 Å². The van der Waals surface area contributed by atoms with Crippen molar-refractivity contribution in [3.63, 3.8) is 0 Å². The lowest BCUT2D eigenvalue weighted by Gasteiger charge is -2.35. The number of piperidine rings is 1. The molecule has 0 saturated carbocycles. The fourth-order valence-electron chi connectivity index (χ4n) is 5.60. The molecular formula is C31H32ClFN10. The van der Waals surface area contributed by atoms with Crippen molar-refractivity contribution in [1.82, 2.24) is 35.8 Å². The van der Waals surface area contributed by atoms with Gasteiger partial charge in [-0.1, -0.05) is 18.5 Å². The van der Waals surface area contributed by atoms with Crippen molar-refractivity contribution in [3.05, 3.63) is 94.7 Å². The van der Waals surface area contributed by atoms with Crippen molar-refractivity contribution in [2.75, 3.05) is 30.3 Å². The minimum Gasteiger partial charge on any atom is -0.373 e. The lowest BCUT2D eigenvalue weighted by molar-refractivity contribution is 0.112. The van der Waals surface area contributed by atoms with Crippen LogP contribution in [0.3, 0.4) is 0 Å². The number of likely N-dealkylation sites (tertiary alicyclic amines) is 1. The number of hydrogen-bond donors (Lipinski definition) is 4. The highest BCUT2D eigenvalue weighted by molar-refractivity contribution is 6.36. The Hall–Kier alpha value is -4.50. The Morgan fingerprint density at radius 3 is 2.65 bits per heavy atom. The molecule has 6 rings (SSSR count). The van der Waals surface area contributed by atoms with E-state index in [-0.39, 0.29) is 11.9 Å². The highest BCUT2D eigenvalue weighted by Crippen LogP contribution is 2.37. The molecule has 0 bridgehead atoms. The second kappa shape index (κ2) is 12.4. The summed E-state index contributed by atoms with van der Waals surface area (Å²) in [6.45, 7) is 7.10. The standard InChI is InChI=1S/C31H32ClFN10/c1-3-42-8-6-24(7-9-42)43-17-28(40-41-43)30(21-14-35-18-36-15-21)39-23-11-25-29(38-22-4-5-27(33)19(2)10-22)20(13-34)16-37-31(25)26(32)12-23/h4-5,10-12,14-18,24,30,39-41H,3,6-9H2,1-2H3,(H,37,38)/t30-/m0/s1. The van der Waals surface area contributed by atoms with Crippen LogP contribution in [0, 0.1) is 24.1 Å². The quantitative estimate of drug-likeness (QED) is 0.206. The molecule has 220 valence electrons. The second-order valence-electron chi connectivity index (χ2n) is 10.7. The summed E-state index contributed by atoms with van der Waals surface area (Å²) >= 11 is 6.77. The number of rotatable bonds is 8. The van der Waals surface area contributed by atoms with Crippen LogP contribution < -0.4 is 21.6 Å². The maximum Gasteiger partial charge on any atom is 0.126 e. The van der Waals surface area contributed by atoms with E-state index in [4.69, 9.17) is 11.6 Å². The molecule has 0 unspecified atom stereocenters. The van der Waals surface area contributed by atoms with Gasteiger partial charge in [0, 0.05) is 66.2 Å². The first kappa shape index (κ1) is 28.6. The number of aryl methyl sites for hydroxylation is 1. The first-order valence-corrected chi connectivity index (χ1v) is 14.6. The largest absolute Gasteiger partial charge is 0.373 e. The van der Waals surface area contributed by atoms with Gasteiger partial charge in [-0.05, 0) is 62.2 Å². The molecule has 2 aliphatic rings. The van der Waals surface area contributed by atoms with Gasteiger partial charge in [0.15, 0.2) is 0 Å². The fraction of sp³-hybridized carbons (Fsp3) is 0.290. The second-order valence-corrected chi connectivity index (χ2v) is 11.2. The van der Waals surface area contributed by atoms with Gasteiger partial charge in [0.1, 0.15) is 18.2 Å². The molecule has 0 amide bonds. The number of hydrogen-bond acceptors (Lipinski definition) is 10. The highest BCUT2D eigenvalue weighted by atomic mass is 35.5. The van der Waals surface area contributed by atoms with E-state index in [1.54, 1.807) is 31.5 Å². The van der Waals surface area contributed by atoms with E-state index in [0.29, 0.717) is 50.2 Å². The molecule has 1 fully saturated rings. The lowest BCUT2D eigenvalue weighted by atomic mass is 10.0. The van der Waals surface area contributed by atoms with Gasteiger partial charge in [-0.3, -0.25) is 9.99 Å². The number of nitriles is 1. The van der Waals surface area contributed by atoms with Crippen LogP contribution in [0.25, 0.3) is 10.9 Å². The number of fused-ring (bicyclic) bond motifs is 1. The lowest BCUT2D eigenvalue weighted by Crippen LogP contribution is -2.48. The molecule has 1 atom stereocenters. The predicted molar refractivity (Wildman–Crippen MR) is 166 cm³/mol. The summed E-state index contributed by atoms with van der Waals surface area (Å²) in [4.78, 5) is 15.4. The number of hydrazine groups is 2. The molecule has 4 heterocycles. The topological polar surface area (TPSA) is 117 Å². The van der Waals surface area contributed by atoms with Crippen molar-refractivity contribution in [1.29, 1.82) is 5.26 Å². The molecule has 2 aromatic carbocycles. The van der Waals surface area contributed by atoms with Gasteiger partial charge in [0.25, 0.3) is 0 Å². The minimum absolute atomic E-state index is 0.301. The summed E-state index contributed by atoms with van der Waals surface area (Å²) in [5.74, 6) is -0.301. The van der Waals surface area contributed by atoms with Crippen molar-refractivity contribution in [2.24, 2.45) is 0 Å². The van der Waals surface area contributed by atoms with Crippen LogP contribution in [0.5, 0.6) is 0 Å². The molecule has 0 aliphatic carbocycles. The number of aromatic nitrogens is 3. The molecule has 4 aromatic rings. The summed E-state index contributed by atoms with van der Waals surface area (Å²) in [7, 11) is 0. The summed E-state index contributed by atoms with van der Waals surface area (Å²) in [5, 5.41) is 20.0. The van der Waals surface area contributed by atoms with E-state index in [1.165, 1.54) is 18.6 Å². The number of nitrogens with one attached hydrogen (secondary N) is 4. The van der Waals surface area contributed by atoms with E-state index < -0.39 is 0 Å². The van der Waals surface area contributed by atoms with Crippen LogP contribution >= 0.6 is 11.6 Å². The molecule has 2 aromatic heterocycles. The zero-order valence-corrected chi connectivity index (χ0v) is 24.7. The van der Waals surface area contributed by atoms with Crippen LogP contribution in [0.1, 0.15) is 42.5 Å². The zero-order chi connectivity index (χ0) is 29.9. The average molecular weight is 599 g/mol. The Bertz CT molecular complexity index is 1700. The Morgan fingerprint density at radius 1 is 1.14 bits per heavy atom. The number of nitrogens with zero attached hydrogens (tertiary/aromatic N) is 6. The van der Waals surface area contributed by atoms with E-state index in [0.717, 1.165) is 43.7 Å². The summed E-state index contributed by atoms with van der Waals surface area (Å²) in [6.07, 6.45) is 10.8. The minimum atomic E-state index is -0.341. The molecular weight excluding hydrogens is 567 g/mol. The molecule has 4 N–H and O–H groups in total. The van der Waals surface area contributed by atoms with Gasteiger partial charge < -0.3 is 21.0 Å². The average Bonchev–Trinajstić information content (AvgIpc) is 3.52. The third-order valence-electron chi connectivity index (χ3n) is 8.01.